The summed E-state index contributed by atoms with van der Waals surface area (Å²) in [7, 11) is 1.72. The summed E-state index contributed by atoms with van der Waals surface area (Å²) in [6.45, 7) is 15.2. The first-order valence-electron chi connectivity index (χ1n) is 5.73. The molecule has 0 aliphatic rings. The minimum absolute atomic E-state index is 0.00674. The quantitative estimate of drug-likeness (QED) is 0.750. The van der Waals surface area contributed by atoms with Crippen LogP contribution in [0.1, 0.15) is 48.5 Å². The summed E-state index contributed by atoms with van der Waals surface area (Å²) in [4.78, 5) is 11.9. The van der Waals surface area contributed by atoms with E-state index in [-0.39, 0.29) is 22.7 Å². The van der Waals surface area contributed by atoms with Gasteiger partial charge >= 0.3 is 0 Å². The van der Waals surface area contributed by atoms with Gasteiger partial charge in [0, 0.05) is 13.0 Å². The summed E-state index contributed by atoms with van der Waals surface area (Å²) in [6.07, 6.45) is 0. The number of hydrogen-bond donors (Lipinski definition) is 1. The molecule has 0 aliphatic heterocycles. The second kappa shape index (κ2) is 4.54. The largest absolute Gasteiger partial charge is 0.359 e. The van der Waals surface area contributed by atoms with Crippen molar-refractivity contribution in [2.75, 3.05) is 7.05 Å². The lowest BCUT2D eigenvalue weighted by Crippen LogP contribution is -2.44. The van der Waals surface area contributed by atoms with Crippen LogP contribution in [-0.2, 0) is 4.79 Å². The van der Waals surface area contributed by atoms with Gasteiger partial charge < -0.3 is 5.32 Å². The van der Waals surface area contributed by atoms with Gasteiger partial charge in [-0.25, -0.2) is 0 Å². The van der Waals surface area contributed by atoms with E-state index < -0.39 is 0 Å². The van der Waals surface area contributed by atoms with Crippen molar-refractivity contribution in [2.24, 2.45) is 22.7 Å². The van der Waals surface area contributed by atoms with Gasteiger partial charge in [0.15, 0.2) is 0 Å². The molecule has 0 aromatic rings. The fourth-order valence-corrected chi connectivity index (χ4v) is 2.03. The van der Waals surface area contributed by atoms with Crippen molar-refractivity contribution in [3.8, 4) is 0 Å². The second-order valence-corrected chi connectivity index (χ2v) is 6.61. The van der Waals surface area contributed by atoms with E-state index in [4.69, 9.17) is 0 Å². The molecule has 0 spiro atoms. The van der Waals surface area contributed by atoms with Crippen LogP contribution in [0.2, 0.25) is 0 Å². The van der Waals surface area contributed by atoms with Crippen molar-refractivity contribution < 1.29 is 4.79 Å². The number of amides is 1. The molecule has 2 heteroatoms. The normalized spacial score (nSPS) is 17.1. The summed E-state index contributed by atoms with van der Waals surface area (Å²) in [6, 6.07) is 0. The maximum absolute atomic E-state index is 11.9. The summed E-state index contributed by atoms with van der Waals surface area (Å²) in [5.74, 6) is 0.574. The molecule has 0 saturated heterocycles. The first-order chi connectivity index (χ1) is 6.51. The highest BCUT2D eigenvalue weighted by atomic mass is 16.1. The van der Waals surface area contributed by atoms with Gasteiger partial charge in [-0.15, -0.1) is 0 Å². The summed E-state index contributed by atoms with van der Waals surface area (Å²) < 4.78 is 0. The monoisotopic (exact) mass is 213 g/mol. The van der Waals surface area contributed by atoms with Gasteiger partial charge in [0.25, 0.3) is 0 Å². The molecule has 0 radical (unpaired) electrons. The zero-order valence-electron chi connectivity index (χ0n) is 11.6. The van der Waals surface area contributed by atoms with E-state index in [1.807, 2.05) is 0 Å². The molecule has 2 atom stereocenters. The smallest absolute Gasteiger partial charge is 0.223 e. The SMILES string of the molecule is CNC(=O)C(C(C)C(C)(C)C)C(C)(C)C. The minimum Gasteiger partial charge on any atom is -0.359 e. The molecule has 15 heavy (non-hydrogen) atoms. The highest BCUT2D eigenvalue weighted by Crippen LogP contribution is 2.40. The van der Waals surface area contributed by atoms with Crippen LogP contribution in [0.5, 0.6) is 0 Å². The fourth-order valence-electron chi connectivity index (χ4n) is 2.03. The molecule has 0 fully saturated rings. The molecule has 0 aromatic heterocycles. The van der Waals surface area contributed by atoms with Gasteiger partial charge in [-0.2, -0.15) is 0 Å². The van der Waals surface area contributed by atoms with E-state index in [0.29, 0.717) is 5.92 Å². The van der Waals surface area contributed by atoms with E-state index >= 15 is 0 Å². The fraction of sp³-hybridized carbons (Fsp3) is 0.923. The Labute approximate surface area is 94.8 Å². The Morgan fingerprint density at radius 2 is 1.40 bits per heavy atom. The predicted molar refractivity (Wildman–Crippen MR) is 65.6 cm³/mol. The van der Waals surface area contributed by atoms with Gasteiger partial charge in [0.1, 0.15) is 0 Å². The maximum Gasteiger partial charge on any atom is 0.223 e. The van der Waals surface area contributed by atoms with Gasteiger partial charge in [0.2, 0.25) is 5.91 Å². The Morgan fingerprint density at radius 1 is 1.00 bits per heavy atom. The Hall–Kier alpha value is -0.530. The first kappa shape index (κ1) is 14.5. The third-order valence-electron chi connectivity index (χ3n) is 3.33. The molecular weight excluding hydrogens is 186 g/mol. The molecule has 2 nitrogen and oxygen atoms in total. The van der Waals surface area contributed by atoms with E-state index in [9.17, 15) is 4.79 Å². The maximum atomic E-state index is 11.9. The summed E-state index contributed by atoms with van der Waals surface area (Å²) in [5, 5.41) is 2.79. The van der Waals surface area contributed by atoms with Gasteiger partial charge in [-0.05, 0) is 16.7 Å². The van der Waals surface area contributed by atoms with E-state index in [1.165, 1.54) is 0 Å². The molecule has 90 valence electrons. The van der Waals surface area contributed by atoms with Crippen LogP contribution in [0, 0.1) is 22.7 Å². The molecule has 1 N–H and O–H groups in total. The Morgan fingerprint density at radius 3 is 1.60 bits per heavy atom. The van der Waals surface area contributed by atoms with Crippen LogP contribution < -0.4 is 5.32 Å². The van der Waals surface area contributed by atoms with Gasteiger partial charge in [-0.1, -0.05) is 48.5 Å². The minimum atomic E-state index is 0.00674. The van der Waals surface area contributed by atoms with Crippen molar-refractivity contribution in [3.63, 3.8) is 0 Å². The number of hydrogen-bond acceptors (Lipinski definition) is 1. The average Bonchev–Trinajstić information content (AvgIpc) is 1.99. The Bertz CT molecular complexity index is 220. The lowest BCUT2D eigenvalue weighted by atomic mass is 9.65. The Balaban J connectivity index is 5.05. The second-order valence-electron chi connectivity index (χ2n) is 6.61. The molecule has 0 rings (SSSR count). The molecule has 2 unspecified atom stereocenters. The van der Waals surface area contributed by atoms with Crippen LogP contribution in [-0.4, -0.2) is 13.0 Å². The predicted octanol–water partition coefficient (Wildman–Crippen LogP) is 3.08. The number of rotatable bonds is 2. The standard InChI is InChI=1S/C13H27NO/c1-9(12(2,3)4)10(11(15)14-8)13(5,6)7/h9-10H,1-8H3,(H,14,15). The highest BCUT2D eigenvalue weighted by molar-refractivity contribution is 5.79. The topological polar surface area (TPSA) is 29.1 Å². The number of carbonyl (C=O) groups is 1. The highest BCUT2D eigenvalue weighted by Gasteiger charge is 2.40. The Kier molecular flexibility index (Phi) is 4.38. The molecule has 0 saturated carbocycles. The molecular formula is C13H27NO. The van der Waals surface area contributed by atoms with Crippen molar-refractivity contribution in [1.29, 1.82) is 0 Å². The third-order valence-corrected chi connectivity index (χ3v) is 3.33. The molecule has 0 heterocycles. The van der Waals surface area contributed by atoms with Crippen LogP contribution in [0.4, 0.5) is 0 Å². The van der Waals surface area contributed by atoms with E-state index in [2.05, 4.69) is 53.8 Å². The van der Waals surface area contributed by atoms with Gasteiger partial charge in [0.05, 0.1) is 0 Å². The van der Waals surface area contributed by atoms with Crippen LogP contribution in [0.15, 0.2) is 0 Å². The van der Waals surface area contributed by atoms with Crippen molar-refractivity contribution in [2.45, 2.75) is 48.5 Å². The third kappa shape index (κ3) is 3.84. The van der Waals surface area contributed by atoms with E-state index in [0.717, 1.165) is 0 Å². The van der Waals surface area contributed by atoms with Crippen molar-refractivity contribution in [1.82, 2.24) is 5.32 Å². The zero-order chi connectivity index (χ0) is 12.4. The average molecular weight is 213 g/mol. The van der Waals surface area contributed by atoms with E-state index in [1.54, 1.807) is 7.05 Å². The van der Waals surface area contributed by atoms with Crippen molar-refractivity contribution in [3.05, 3.63) is 0 Å². The van der Waals surface area contributed by atoms with Crippen LogP contribution >= 0.6 is 0 Å². The lowest BCUT2D eigenvalue weighted by Gasteiger charge is -2.40. The van der Waals surface area contributed by atoms with Crippen LogP contribution in [0.3, 0.4) is 0 Å². The molecule has 0 aromatic carbocycles. The van der Waals surface area contributed by atoms with Crippen molar-refractivity contribution >= 4 is 5.91 Å². The lowest BCUT2D eigenvalue weighted by molar-refractivity contribution is -0.132. The zero-order valence-corrected chi connectivity index (χ0v) is 11.6. The molecule has 0 aliphatic carbocycles. The first-order valence-corrected chi connectivity index (χ1v) is 5.73. The molecule has 0 bridgehead atoms. The van der Waals surface area contributed by atoms with Gasteiger partial charge in [-0.3, -0.25) is 4.79 Å². The number of nitrogens with one attached hydrogen (secondary N) is 1. The number of carbonyl (C=O) groups excluding carboxylic acids is 1. The summed E-state index contributed by atoms with van der Waals surface area (Å²) >= 11 is 0. The molecule has 1 amide bonds. The summed E-state index contributed by atoms with van der Waals surface area (Å²) in [5.41, 5.74) is 0.164. The van der Waals surface area contributed by atoms with Crippen LogP contribution in [0.25, 0.3) is 0 Å².